The number of nitrogens with one attached hydrogen (secondary N) is 2. The van der Waals surface area contributed by atoms with Crippen LogP contribution in [-0.4, -0.2) is 73.7 Å². The molecule has 16 heteroatoms. The van der Waals surface area contributed by atoms with E-state index in [9.17, 15) is 41.8 Å². The summed E-state index contributed by atoms with van der Waals surface area (Å²) in [7, 11) is 0. The number of carboxylic acids is 1. The molecule has 5 aromatic rings. The third-order valence-electron chi connectivity index (χ3n) is 7.22. The van der Waals surface area contributed by atoms with Crippen molar-refractivity contribution >= 4 is 28.9 Å². The zero-order chi connectivity index (χ0) is 36.6. The molecule has 0 aliphatic rings. The van der Waals surface area contributed by atoms with E-state index in [-0.39, 0.29) is 28.6 Å². The lowest BCUT2D eigenvalue weighted by Crippen LogP contribution is -2.29. The van der Waals surface area contributed by atoms with Crippen molar-refractivity contribution in [2.75, 3.05) is 25.1 Å². The number of nitrogens with zero attached hydrogens (tertiary/aromatic N) is 3. The number of amides is 1. The molecule has 0 saturated heterocycles. The van der Waals surface area contributed by atoms with Crippen molar-refractivity contribution in [3.8, 4) is 16.9 Å². The molecule has 1 amide bonds. The molecule has 2 heterocycles. The molecule has 0 spiro atoms. The van der Waals surface area contributed by atoms with Gasteiger partial charge in [0.05, 0.1) is 24.9 Å². The SMILES string of the molecule is Cc1ccc(C(=O)NCCc2ccccc2)cc1-c1nc(NC(CO)CO)nc2c1ccc(=O)n2-c1c(F)cccc1F.O=C(O)C(F)(F)F. The number of aliphatic hydroxyl groups is 2. The highest BCUT2D eigenvalue weighted by Gasteiger charge is 2.38. The van der Waals surface area contributed by atoms with Crippen LogP contribution in [0.2, 0.25) is 0 Å². The van der Waals surface area contributed by atoms with E-state index in [1.807, 2.05) is 37.3 Å². The van der Waals surface area contributed by atoms with Gasteiger partial charge in [0.2, 0.25) is 5.95 Å². The topological polar surface area (TPSA) is 167 Å². The van der Waals surface area contributed by atoms with Crippen molar-refractivity contribution in [1.82, 2.24) is 19.9 Å². The number of fused-ring (bicyclic) bond motifs is 1. The Labute approximate surface area is 280 Å². The van der Waals surface area contributed by atoms with Gasteiger partial charge in [0.1, 0.15) is 17.3 Å². The van der Waals surface area contributed by atoms with Crippen LogP contribution in [0.15, 0.2) is 83.7 Å². The molecule has 0 unspecified atom stereocenters. The number of aryl methyl sites for hydroxylation is 1. The Morgan fingerprint density at radius 3 is 2.14 bits per heavy atom. The third-order valence-corrected chi connectivity index (χ3v) is 7.22. The van der Waals surface area contributed by atoms with Gasteiger partial charge in [-0.25, -0.2) is 18.6 Å². The Morgan fingerprint density at radius 1 is 0.900 bits per heavy atom. The number of halogens is 5. The van der Waals surface area contributed by atoms with Crippen LogP contribution in [0.4, 0.5) is 27.9 Å². The summed E-state index contributed by atoms with van der Waals surface area (Å²) in [5.74, 6) is -5.12. The highest BCUT2D eigenvalue weighted by Crippen LogP contribution is 2.32. The van der Waals surface area contributed by atoms with E-state index in [2.05, 4.69) is 20.6 Å². The van der Waals surface area contributed by atoms with E-state index in [0.717, 1.165) is 33.9 Å². The average molecular weight is 700 g/mol. The predicted octanol–water partition coefficient (Wildman–Crippen LogP) is 4.41. The first-order chi connectivity index (χ1) is 23.7. The van der Waals surface area contributed by atoms with Crippen LogP contribution < -0.4 is 16.2 Å². The number of carbonyl (C=O) groups excluding carboxylic acids is 1. The van der Waals surface area contributed by atoms with Gasteiger partial charge in [0.25, 0.3) is 11.5 Å². The van der Waals surface area contributed by atoms with Gasteiger partial charge in [-0.2, -0.15) is 18.2 Å². The Balaban J connectivity index is 0.000000727. The van der Waals surface area contributed by atoms with Crippen LogP contribution in [-0.2, 0) is 11.2 Å². The number of pyridine rings is 1. The summed E-state index contributed by atoms with van der Waals surface area (Å²) in [5, 5.41) is 32.4. The van der Waals surface area contributed by atoms with E-state index in [1.165, 1.54) is 12.1 Å². The fourth-order valence-corrected chi connectivity index (χ4v) is 4.72. The maximum absolute atomic E-state index is 14.9. The molecule has 5 rings (SSSR count). The first-order valence-corrected chi connectivity index (χ1v) is 14.8. The Hall–Kier alpha value is -5.74. The molecule has 0 bridgehead atoms. The van der Waals surface area contributed by atoms with Crippen molar-refractivity contribution in [2.45, 2.75) is 25.6 Å². The predicted molar refractivity (Wildman–Crippen MR) is 173 cm³/mol. The molecule has 11 nitrogen and oxygen atoms in total. The van der Waals surface area contributed by atoms with Crippen molar-refractivity contribution in [2.24, 2.45) is 0 Å². The number of para-hydroxylation sites is 1. The van der Waals surface area contributed by atoms with Crippen LogP contribution in [0.5, 0.6) is 0 Å². The van der Waals surface area contributed by atoms with Gasteiger partial charge in [-0.1, -0.05) is 42.5 Å². The fraction of sp³-hybridized carbons (Fsp3) is 0.206. The van der Waals surface area contributed by atoms with Gasteiger partial charge in [-0.05, 0) is 54.8 Å². The van der Waals surface area contributed by atoms with Crippen molar-refractivity contribution < 1.29 is 46.9 Å². The minimum atomic E-state index is -5.08. The molecule has 0 aliphatic carbocycles. The number of aliphatic hydroxyl groups excluding tert-OH is 2. The molecule has 0 saturated carbocycles. The minimum Gasteiger partial charge on any atom is -0.475 e. The number of carbonyl (C=O) groups is 2. The molecule has 50 heavy (non-hydrogen) atoms. The number of benzene rings is 3. The second kappa shape index (κ2) is 16.1. The van der Waals surface area contributed by atoms with E-state index in [0.29, 0.717) is 24.1 Å². The van der Waals surface area contributed by atoms with Crippen molar-refractivity contribution in [1.29, 1.82) is 0 Å². The number of rotatable bonds is 10. The molecule has 0 fully saturated rings. The van der Waals surface area contributed by atoms with E-state index >= 15 is 0 Å². The minimum absolute atomic E-state index is 0.108. The van der Waals surface area contributed by atoms with Crippen molar-refractivity contribution in [3.05, 3.63) is 118 Å². The quantitative estimate of drug-likeness (QED) is 0.133. The standard InChI is InChI=1S/C32H29F2N5O4.C2HF3O2/c1-19-10-11-21(31(43)35-15-14-20-6-3-2-4-7-20)16-24(19)28-23-12-13-27(42)39(29-25(33)8-5-9-26(29)34)30(23)38-32(37-28)36-22(17-40)18-41;3-2(4,5)1(6)7/h2-13,16,22,40-41H,14-15,17-18H2,1H3,(H,35,43)(H,36,37,38);(H,6,7). The second-order valence-corrected chi connectivity index (χ2v) is 10.7. The van der Waals surface area contributed by atoms with Gasteiger partial charge in [0.15, 0.2) is 5.65 Å². The normalized spacial score (nSPS) is 11.2. The largest absolute Gasteiger partial charge is 0.490 e. The van der Waals surface area contributed by atoms with Gasteiger partial charge in [-0.3, -0.25) is 14.2 Å². The summed E-state index contributed by atoms with van der Waals surface area (Å²) >= 11 is 0. The molecular formula is C34H30F5N5O6. The molecule has 2 aromatic heterocycles. The number of alkyl halides is 3. The van der Waals surface area contributed by atoms with E-state index < -0.39 is 54.3 Å². The smallest absolute Gasteiger partial charge is 0.475 e. The number of carboxylic acid groups (broad SMARTS) is 1. The van der Waals surface area contributed by atoms with Gasteiger partial charge in [0, 0.05) is 29.1 Å². The Kier molecular flexibility index (Phi) is 11.9. The Morgan fingerprint density at radius 2 is 1.54 bits per heavy atom. The average Bonchev–Trinajstić information content (AvgIpc) is 3.08. The number of aromatic nitrogens is 3. The summed E-state index contributed by atoms with van der Waals surface area (Å²) in [6.07, 6.45) is -4.43. The van der Waals surface area contributed by atoms with Gasteiger partial charge in [-0.15, -0.1) is 0 Å². The number of hydrogen-bond acceptors (Lipinski definition) is 8. The first kappa shape index (κ1) is 37.1. The zero-order valence-electron chi connectivity index (χ0n) is 26.2. The molecule has 0 aliphatic heterocycles. The van der Waals surface area contributed by atoms with Crippen LogP contribution in [0.25, 0.3) is 28.0 Å². The van der Waals surface area contributed by atoms with E-state index in [4.69, 9.17) is 9.90 Å². The summed E-state index contributed by atoms with van der Waals surface area (Å²) in [6, 6.07) is 19.8. The maximum Gasteiger partial charge on any atom is 0.490 e. The molecule has 0 radical (unpaired) electrons. The summed E-state index contributed by atoms with van der Waals surface area (Å²) in [5.41, 5.74) is 1.47. The van der Waals surface area contributed by atoms with Crippen LogP contribution in [0.3, 0.4) is 0 Å². The van der Waals surface area contributed by atoms with E-state index in [1.54, 1.807) is 18.2 Å². The molecular weight excluding hydrogens is 669 g/mol. The van der Waals surface area contributed by atoms with Crippen LogP contribution in [0.1, 0.15) is 21.5 Å². The lowest BCUT2D eigenvalue weighted by Gasteiger charge is -2.18. The molecule has 3 aromatic carbocycles. The monoisotopic (exact) mass is 699 g/mol. The number of anilines is 1. The highest BCUT2D eigenvalue weighted by molar-refractivity contribution is 5.98. The summed E-state index contributed by atoms with van der Waals surface area (Å²) in [4.78, 5) is 44.0. The van der Waals surface area contributed by atoms with Crippen LogP contribution in [0, 0.1) is 18.6 Å². The first-order valence-electron chi connectivity index (χ1n) is 14.8. The summed E-state index contributed by atoms with van der Waals surface area (Å²) < 4.78 is 62.4. The number of hydrogen-bond donors (Lipinski definition) is 5. The van der Waals surface area contributed by atoms with Crippen LogP contribution >= 0.6 is 0 Å². The van der Waals surface area contributed by atoms with Gasteiger partial charge < -0.3 is 26.0 Å². The number of aliphatic carboxylic acids is 1. The second-order valence-electron chi connectivity index (χ2n) is 10.7. The van der Waals surface area contributed by atoms with Gasteiger partial charge >= 0.3 is 12.1 Å². The third kappa shape index (κ3) is 8.83. The van der Waals surface area contributed by atoms with Crippen molar-refractivity contribution in [3.63, 3.8) is 0 Å². The molecule has 262 valence electrons. The lowest BCUT2D eigenvalue weighted by atomic mass is 9.99. The highest BCUT2D eigenvalue weighted by atomic mass is 19.4. The fourth-order valence-electron chi connectivity index (χ4n) is 4.72. The maximum atomic E-state index is 14.9. The molecule has 0 atom stereocenters. The molecule has 5 N–H and O–H groups in total. The summed E-state index contributed by atoms with van der Waals surface area (Å²) in [6.45, 7) is 1.30. The zero-order valence-corrected chi connectivity index (χ0v) is 26.2. The Bertz CT molecular complexity index is 2030. The lowest BCUT2D eigenvalue weighted by molar-refractivity contribution is -0.192.